The molecule has 0 aromatic heterocycles. The van der Waals surface area contributed by atoms with Crippen molar-refractivity contribution in [2.75, 3.05) is 27.2 Å². The second kappa shape index (κ2) is 8.79. The molecule has 0 aliphatic heterocycles. The topological polar surface area (TPSA) is 69.7 Å². The molecule has 0 unspecified atom stereocenters. The summed E-state index contributed by atoms with van der Waals surface area (Å²) < 4.78 is 5.00. The largest absolute Gasteiger partial charge is 1.00 e. The van der Waals surface area contributed by atoms with Crippen molar-refractivity contribution in [3.05, 3.63) is 35.4 Å². The Morgan fingerprint density at radius 2 is 1.67 bits per heavy atom. The standard InChI is InChI=1S/C12H15NO4.K/c1-13(2)7-8-17-12(16)10-5-3-9(4-6-10)11(14)15;/h3-6H,7-8H2,1-2H3,(H,14,15);/q;+1/p-1. The Bertz CT molecular complexity index is 403. The van der Waals surface area contributed by atoms with Gasteiger partial charge in [-0.1, -0.05) is 12.1 Å². The van der Waals surface area contributed by atoms with E-state index in [-0.39, 0.29) is 56.9 Å². The smallest absolute Gasteiger partial charge is 0.545 e. The van der Waals surface area contributed by atoms with Gasteiger partial charge in [0.05, 0.1) is 11.5 Å². The molecule has 1 aromatic carbocycles. The number of nitrogens with zero attached hydrogens (tertiary/aromatic N) is 1. The molecule has 0 saturated carbocycles. The van der Waals surface area contributed by atoms with Crippen LogP contribution in [0.5, 0.6) is 0 Å². The molecule has 0 bridgehead atoms. The molecule has 1 aromatic rings. The van der Waals surface area contributed by atoms with E-state index in [1.807, 2.05) is 19.0 Å². The first-order chi connectivity index (χ1) is 8.00. The van der Waals surface area contributed by atoms with Gasteiger partial charge in [0.15, 0.2) is 0 Å². The van der Waals surface area contributed by atoms with Crippen LogP contribution in [0.2, 0.25) is 0 Å². The van der Waals surface area contributed by atoms with Crippen molar-refractivity contribution < 1.29 is 70.8 Å². The van der Waals surface area contributed by atoms with Crippen LogP contribution >= 0.6 is 0 Å². The van der Waals surface area contributed by atoms with Crippen LogP contribution in [0.4, 0.5) is 0 Å². The third-order valence-corrected chi connectivity index (χ3v) is 2.13. The number of esters is 1. The van der Waals surface area contributed by atoms with Crippen molar-refractivity contribution in [3.63, 3.8) is 0 Å². The molecule has 0 aliphatic rings. The van der Waals surface area contributed by atoms with E-state index in [2.05, 4.69) is 0 Å². The molecule has 0 amide bonds. The first-order valence-corrected chi connectivity index (χ1v) is 5.14. The molecule has 92 valence electrons. The fourth-order valence-corrected chi connectivity index (χ4v) is 1.15. The van der Waals surface area contributed by atoms with Gasteiger partial charge in [-0.25, -0.2) is 4.79 Å². The van der Waals surface area contributed by atoms with Crippen LogP contribution in [0.15, 0.2) is 24.3 Å². The van der Waals surface area contributed by atoms with Gasteiger partial charge >= 0.3 is 57.4 Å². The first-order valence-electron chi connectivity index (χ1n) is 5.14. The van der Waals surface area contributed by atoms with E-state index in [1.165, 1.54) is 24.3 Å². The minimum Gasteiger partial charge on any atom is -0.545 e. The number of benzene rings is 1. The van der Waals surface area contributed by atoms with E-state index in [0.717, 1.165) is 0 Å². The Labute approximate surface area is 149 Å². The Hall–Kier alpha value is -0.244. The summed E-state index contributed by atoms with van der Waals surface area (Å²) in [5.74, 6) is -1.73. The summed E-state index contributed by atoms with van der Waals surface area (Å²) in [5, 5.41) is 10.5. The van der Waals surface area contributed by atoms with Crippen LogP contribution in [0.25, 0.3) is 0 Å². The Balaban J connectivity index is 0.00000289. The molecule has 6 heteroatoms. The van der Waals surface area contributed by atoms with Crippen molar-refractivity contribution in [2.24, 2.45) is 0 Å². The van der Waals surface area contributed by atoms with Gasteiger partial charge in [0, 0.05) is 6.54 Å². The molecule has 0 heterocycles. The van der Waals surface area contributed by atoms with Gasteiger partial charge < -0.3 is 19.5 Å². The monoisotopic (exact) mass is 275 g/mol. The number of carbonyl (C=O) groups excluding carboxylic acids is 2. The zero-order chi connectivity index (χ0) is 12.8. The zero-order valence-corrected chi connectivity index (χ0v) is 13.9. The fraction of sp³-hybridized carbons (Fsp3) is 0.333. The van der Waals surface area contributed by atoms with Gasteiger partial charge in [0.25, 0.3) is 0 Å². The molecule has 0 aliphatic carbocycles. The normalized spacial score (nSPS) is 9.72. The van der Waals surface area contributed by atoms with E-state index in [4.69, 9.17) is 4.74 Å². The maximum Gasteiger partial charge on any atom is 1.00 e. The quantitative estimate of drug-likeness (QED) is 0.417. The molecule has 5 nitrogen and oxygen atoms in total. The van der Waals surface area contributed by atoms with Gasteiger partial charge in [-0.2, -0.15) is 0 Å². The summed E-state index contributed by atoms with van der Waals surface area (Å²) in [4.78, 5) is 23.9. The maximum absolute atomic E-state index is 11.5. The predicted octanol–water partition coefficient (Wildman–Crippen LogP) is -3.23. The Kier molecular flexibility index (Phi) is 8.67. The molecule has 0 fully saturated rings. The van der Waals surface area contributed by atoms with E-state index in [1.54, 1.807) is 0 Å². The minimum absolute atomic E-state index is 0. The van der Waals surface area contributed by atoms with Crippen LogP contribution < -0.4 is 56.5 Å². The van der Waals surface area contributed by atoms with Crippen molar-refractivity contribution >= 4 is 11.9 Å². The Morgan fingerprint density at radius 3 is 2.11 bits per heavy atom. The summed E-state index contributed by atoms with van der Waals surface area (Å²) in [6.45, 7) is 0.941. The third kappa shape index (κ3) is 6.08. The Morgan fingerprint density at radius 1 is 1.17 bits per heavy atom. The van der Waals surface area contributed by atoms with E-state index < -0.39 is 11.9 Å². The summed E-state index contributed by atoms with van der Waals surface area (Å²) in [7, 11) is 3.75. The van der Waals surface area contributed by atoms with Crippen molar-refractivity contribution in [2.45, 2.75) is 0 Å². The van der Waals surface area contributed by atoms with Crippen LogP contribution in [0.1, 0.15) is 20.7 Å². The summed E-state index contributed by atoms with van der Waals surface area (Å²) in [5.41, 5.74) is 0.364. The second-order valence-corrected chi connectivity index (χ2v) is 3.80. The molecular formula is C12H14KNO4. The molecule has 1 rings (SSSR count). The second-order valence-electron chi connectivity index (χ2n) is 3.80. The maximum atomic E-state index is 11.5. The van der Waals surface area contributed by atoms with Gasteiger partial charge in [-0.3, -0.25) is 0 Å². The molecule has 0 N–H and O–H groups in total. The molecule has 0 atom stereocenters. The number of ether oxygens (including phenoxy) is 1. The first kappa shape index (κ1) is 17.8. The average molecular weight is 275 g/mol. The van der Waals surface area contributed by atoms with Gasteiger partial charge in [-0.15, -0.1) is 0 Å². The molecule has 18 heavy (non-hydrogen) atoms. The number of carboxylic acid groups (broad SMARTS) is 1. The summed E-state index contributed by atoms with van der Waals surface area (Å²) >= 11 is 0. The minimum atomic E-state index is -1.27. The van der Waals surface area contributed by atoms with Crippen LogP contribution in [0, 0.1) is 0 Å². The number of rotatable bonds is 5. The number of carbonyl (C=O) groups is 2. The van der Waals surface area contributed by atoms with E-state index in [9.17, 15) is 14.7 Å². The van der Waals surface area contributed by atoms with Gasteiger partial charge in [0.1, 0.15) is 6.61 Å². The zero-order valence-electron chi connectivity index (χ0n) is 10.8. The molecule has 0 radical (unpaired) electrons. The van der Waals surface area contributed by atoms with Crippen LogP contribution in [-0.2, 0) is 4.74 Å². The predicted molar refractivity (Wildman–Crippen MR) is 59.6 cm³/mol. The molecule has 0 spiro atoms. The van der Waals surface area contributed by atoms with Gasteiger partial charge in [-0.05, 0) is 31.8 Å². The SMILES string of the molecule is CN(C)CCOC(=O)c1ccc(C(=O)[O-])cc1.[K+]. The number of hydrogen-bond donors (Lipinski definition) is 0. The molecular weight excluding hydrogens is 261 g/mol. The number of likely N-dealkylation sites (N-methyl/N-ethyl adjacent to an activating group) is 1. The molecule has 0 saturated heterocycles. The summed E-state index contributed by atoms with van der Waals surface area (Å²) in [6.07, 6.45) is 0. The number of hydrogen-bond acceptors (Lipinski definition) is 5. The van der Waals surface area contributed by atoms with E-state index in [0.29, 0.717) is 18.7 Å². The van der Waals surface area contributed by atoms with Crippen molar-refractivity contribution in [1.29, 1.82) is 0 Å². The van der Waals surface area contributed by atoms with Crippen LogP contribution in [-0.4, -0.2) is 44.1 Å². The average Bonchev–Trinajstić information content (AvgIpc) is 2.28. The van der Waals surface area contributed by atoms with Crippen LogP contribution in [0.3, 0.4) is 0 Å². The fourth-order valence-electron chi connectivity index (χ4n) is 1.15. The number of carboxylic acids is 1. The van der Waals surface area contributed by atoms with E-state index >= 15 is 0 Å². The summed E-state index contributed by atoms with van der Waals surface area (Å²) in [6, 6.07) is 5.45. The van der Waals surface area contributed by atoms with Crippen molar-refractivity contribution in [1.82, 2.24) is 4.90 Å². The third-order valence-electron chi connectivity index (χ3n) is 2.13. The van der Waals surface area contributed by atoms with Gasteiger partial charge in [0.2, 0.25) is 0 Å². The van der Waals surface area contributed by atoms with Crippen molar-refractivity contribution in [3.8, 4) is 0 Å². The number of aromatic carboxylic acids is 1.